The van der Waals surface area contributed by atoms with Crippen LogP contribution in [0.3, 0.4) is 0 Å². The van der Waals surface area contributed by atoms with E-state index in [0.717, 1.165) is 19.3 Å². The van der Waals surface area contributed by atoms with Gasteiger partial charge in [-0.2, -0.15) is 0 Å². The second-order valence-corrected chi connectivity index (χ2v) is 4.21. The molecule has 0 atom stereocenters. The van der Waals surface area contributed by atoms with Crippen molar-refractivity contribution >= 4 is 39.4 Å². The third-order valence-corrected chi connectivity index (χ3v) is 2.56. The van der Waals surface area contributed by atoms with Gasteiger partial charge in [0.05, 0.1) is 0 Å². The smallest absolute Gasteiger partial charge is 0.221 e. The van der Waals surface area contributed by atoms with Gasteiger partial charge in [0, 0.05) is 35.4 Å². The fourth-order valence-electron chi connectivity index (χ4n) is 1.23. The molecule has 14 heavy (non-hydrogen) atoms. The Bertz CT molecular complexity index is 205. The predicted molar refractivity (Wildman–Crippen MR) is 69.6 cm³/mol. The molecule has 80 valence electrons. The van der Waals surface area contributed by atoms with Crippen molar-refractivity contribution in [3.8, 4) is 9.85 Å². The molecule has 0 aliphatic rings. The Morgan fingerprint density at radius 3 is 2.21 bits per heavy atom. The van der Waals surface area contributed by atoms with Gasteiger partial charge >= 0.3 is 0 Å². The van der Waals surface area contributed by atoms with Crippen molar-refractivity contribution in [2.24, 2.45) is 0 Å². The van der Waals surface area contributed by atoms with Gasteiger partial charge in [-0.3, -0.25) is 4.79 Å². The molecule has 0 aromatic rings. The minimum Gasteiger partial charge on any atom is -0.281 e. The largest absolute Gasteiger partial charge is 0.281 e. The SMILES string of the molecule is O=C(Cl)CCCCCCCCC#CI. The van der Waals surface area contributed by atoms with Crippen LogP contribution in [0, 0.1) is 9.85 Å². The van der Waals surface area contributed by atoms with E-state index in [1.54, 1.807) is 0 Å². The fraction of sp³-hybridized carbons (Fsp3) is 0.727. The van der Waals surface area contributed by atoms with Crippen LogP contribution < -0.4 is 0 Å². The normalized spacial score (nSPS) is 9.29. The van der Waals surface area contributed by atoms with Crippen LogP contribution in [0.2, 0.25) is 0 Å². The number of hydrogen-bond donors (Lipinski definition) is 0. The van der Waals surface area contributed by atoms with Gasteiger partial charge in [-0.25, -0.2) is 0 Å². The molecule has 0 amide bonds. The van der Waals surface area contributed by atoms with E-state index < -0.39 is 0 Å². The molecule has 0 saturated heterocycles. The molecule has 0 heterocycles. The molecule has 0 unspecified atom stereocenters. The van der Waals surface area contributed by atoms with Crippen molar-refractivity contribution in [1.29, 1.82) is 0 Å². The lowest BCUT2D eigenvalue weighted by atomic mass is 10.1. The summed E-state index contributed by atoms with van der Waals surface area (Å²) < 4.78 is 2.86. The van der Waals surface area contributed by atoms with Gasteiger partial charge in [0.25, 0.3) is 0 Å². The van der Waals surface area contributed by atoms with Crippen LogP contribution in [0.25, 0.3) is 0 Å². The van der Waals surface area contributed by atoms with E-state index in [2.05, 4.69) is 32.4 Å². The monoisotopic (exact) mass is 326 g/mol. The van der Waals surface area contributed by atoms with Gasteiger partial charge < -0.3 is 0 Å². The molecule has 0 aliphatic carbocycles. The summed E-state index contributed by atoms with van der Waals surface area (Å²) in [5, 5.41) is -0.206. The molecule has 0 aliphatic heterocycles. The zero-order valence-corrected chi connectivity index (χ0v) is 11.2. The van der Waals surface area contributed by atoms with Gasteiger partial charge in [0.2, 0.25) is 5.24 Å². The van der Waals surface area contributed by atoms with Crippen molar-refractivity contribution in [2.75, 3.05) is 0 Å². The Balaban J connectivity index is 2.98. The first-order valence-electron chi connectivity index (χ1n) is 5.04. The van der Waals surface area contributed by atoms with Crippen LogP contribution in [-0.4, -0.2) is 5.24 Å². The van der Waals surface area contributed by atoms with Crippen molar-refractivity contribution in [3.63, 3.8) is 0 Å². The van der Waals surface area contributed by atoms with E-state index in [-0.39, 0.29) is 5.24 Å². The highest BCUT2D eigenvalue weighted by molar-refractivity contribution is 14.1. The van der Waals surface area contributed by atoms with Crippen LogP contribution in [-0.2, 0) is 4.79 Å². The average Bonchev–Trinajstić information content (AvgIpc) is 2.15. The average molecular weight is 327 g/mol. The van der Waals surface area contributed by atoms with Crippen molar-refractivity contribution in [1.82, 2.24) is 0 Å². The van der Waals surface area contributed by atoms with Gasteiger partial charge in [-0.15, -0.1) is 0 Å². The number of carbonyl (C=O) groups excluding carboxylic acids is 1. The van der Waals surface area contributed by atoms with Crippen LogP contribution in [0.5, 0.6) is 0 Å². The van der Waals surface area contributed by atoms with E-state index in [4.69, 9.17) is 11.6 Å². The first kappa shape index (κ1) is 14.2. The zero-order chi connectivity index (χ0) is 10.6. The third-order valence-electron chi connectivity index (χ3n) is 1.99. The Kier molecular flexibility index (Phi) is 11.5. The summed E-state index contributed by atoms with van der Waals surface area (Å²) >= 11 is 7.29. The molecule has 0 N–H and O–H groups in total. The van der Waals surface area contributed by atoms with E-state index in [9.17, 15) is 4.79 Å². The highest BCUT2D eigenvalue weighted by atomic mass is 127. The first-order valence-corrected chi connectivity index (χ1v) is 6.50. The molecular weight excluding hydrogens is 310 g/mol. The van der Waals surface area contributed by atoms with Crippen molar-refractivity contribution < 1.29 is 4.79 Å². The Morgan fingerprint density at radius 2 is 1.64 bits per heavy atom. The number of rotatable bonds is 8. The second kappa shape index (κ2) is 11.3. The van der Waals surface area contributed by atoms with Crippen molar-refractivity contribution in [3.05, 3.63) is 0 Å². The van der Waals surface area contributed by atoms with Gasteiger partial charge in [-0.1, -0.05) is 31.6 Å². The lowest BCUT2D eigenvalue weighted by molar-refractivity contribution is -0.111. The molecule has 0 spiro atoms. The van der Waals surface area contributed by atoms with E-state index >= 15 is 0 Å². The van der Waals surface area contributed by atoms with E-state index in [1.807, 2.05) is 0 Å². The molecule has 0 fully saturated rings. The third kappa shape index (κ3) is 12.2. The van der Waals surface area contributed by atoms with Crippen molar-refractivity contribution in [2.45, 2.75) is 51.4 Å². The zero-order valence-electron chi connectivity index (χ0n) is 8.32. The summed E-state index contributed by atoms with van der Waals surface area (Å²) in [5.41, 5.74) is 0. The van der Waals surface area contributed by atoms with Crippen LogP contribution in [0.1, 0.15) is 51.4 Å². The Labute approximate surface area is 105 Å². The van der Waals surface area contributed by atoms with Gasteiger partial charge in [-0.05, 0) is 28.4 Å². The summed E-state index contributed by atoms with van der Waals surface area (Å²) in [6, 6.07) is 0. The van der Waals surface area contributed by atoms with E-state index in [0.29, 0.717) is 6.42 Å². The van der Waals surface area contributed by atoms with E-state index in [1.165, 1.54) is 25.7 Å². The summed E-state index contributed by atoms with van der Waals surface area (Å²) in [4.78, 5) is 10.4. The first-order chi connectivity index (χ1) is 6.77. The quantitative estimate of drug-likeness (QED) is 0.282. The second-order valence-electron chi connectivity index (χ2n) is 3.25. The maximum Gasteiger partial charge on any atom is 0.221 e. The summed E-state index contributed by atoms with van der Waals surface area (Å²) in [5.74, 6) is 3.04. The van der Waals surface area contributed by atoms with Crippen LogP contribution in [0.4, 0.5) is 0 Å². The standard InChI is InChI=1S/C11H16ClIO/c12-11(14)9-7-5-3-1-2-4-6-8-10-13/h1-7,9H2. The molecule has 1 nitrogen and oxygen atoms in total. The molecular formula is C11H16ClIO. The highest BCUT2D eigenvalue weighted by Crippen LogP contribution is 2.09. The molecule has 0 bridgehead atoms. The number of unbranched alkanes of at least 4 members (excludes halogenated alkanes) is 6. The molecule has 0 aromatic heterocycles. The molecule has 3 heteroatoms. The molecule has 0 radical (unpaired) electrons. The van der Waals surface area contributed by atoms with Crippen LogP contribution >= 0.6 is 34.2 Å². The highest BCUT2D eigenvalue weighted by Gasteiger charge is 1.95. The Hall–Kier alpha value is 0.250. The maximum absolute atomic E-state index is 10.4. The van der Waals surface area contributed by atoms with Crippen LogP contribution in [0.15, 0.2) is 0 Å². The fourth-order valence-corrected chi connectivity index (χ4v) is 1.64. The Morgan fingerprint density at radius 1 is 1.07 bits per heavy atom. The number of hydrogen-bond acceptors (Lipinski definition) is 1. The minimum atomic E-state index is -0.206. The summed E-state index contributed by atoms with van der Waals surface area (Å²) in [7, 11) is 0. The number of halogens is 2. The summed E-state index contributed by atoms with van der Waals surface area (Å²) in [6.07, 6.45) is 8.52. The molecule has 0 rings (SSSR count). The maximum atomic E-state index is 10.4. The summed E-state index contributed by atoms with van der Waals surface area (Å²) in [6.45, 7) is 0. The topological polar surface area (TPSA) is 17.1 Å². The van der Waals surface area contributed by atoms with Gasteiger partial charge in [0.15, 0.2) is 0 Å². The lowest BCUT2D eigenvalue weighted by Crippen LogP contribution is -1.86. The molecule has 0 saturated carbocycles. The number of carbonyl (C=O) groups is 1. The lowest BCUT2D eigenvalue weighted by Gasteiger charge is -1.98. The predicted octanol–water partition coefficient (Wildman–Crippen LogP) is 4.27. The minimum absolute atomic E-state index is 0.206. The molecule has 0 aromatic carbocycles. The van der Waals surface area contributed by atoms with Gasteiger partial charge in [0.1, 0.15) is 0 Å².